The van der Waals surface area contributed by atoms with E-state index < -0.39 is 30.1 Å². The standard InChI is InChI=1S/C28H34N2O5/c1-16(2)25(27(32)33)17(3)29-26(31)24(14-18-12-13-18)30-28(34)35-15-23-21-10-6-4-8-19(21)20-9-5-7-11-22(20)23/h4-11,16-18,23-25H,12-15H2,1-3H3,(H,29,31)(H,30,34)(H,32,33)/t17?,24-,25?/m0/s1. The zero-order valence-corrected chi connectivity index (χ0v) is 20.5. The normalized spacial score (nSPS) is 17.1. The third-order valence-electron chi connectivity index (χ3n) is 7.13. The van der Waals surface area contributed by atoms with E-state index in [-0.39, 0.29) is 24.3 Å². The van der Waals surface area contributed by atoms with E-state index in [1.54, 1.807) is 6.92 Å². The number of fused-ring (bicyclic) bond motifs is 3. The molecular formula is C28H34N2O5. The SMILES string of the molecule is CC(C)C(C(=O)O)C(C)NC(=O)[C@H](CC1CC1)NC(=O)OCC1c2ccccc2-c2ccccc21. The van der Waals surface area contributed by atoms with Gasteiger partial charge in [0, 0.05) is 12.0 Å². The van der Waals surface area contributed by atoms with Crippen molar-refractivity contribution in [1.29, 1.82) is 0 Å². The molecule has 0 saturated heterocycles. The number of carbonyl (C=O) groups excluding carboxylic acids is 2. The second-order valence-corrected chi connectivity index (χ2v) is 10.1. The molecule has 1 fully saturated rings. The fraction of sp³-hybridized carbons (Fsp3) is 0.464. The number of carboxylic acid groups (broad SMARTS) is 1. The number of aliphatic carboxylic acids is 1. The molecule has 2 aromatic rings. The zero-order chi connectivity index (χ0) is 25.1. The molecule has 2 aliphatic rings. The van der Waals surface area contributed by atoms with Crippen molar-refractivity contribution in [3.8, 4) is 11.1 Å². The minimum atomic E-state index is -0.948. The van der Waals surface area contributed by atoms with E-state index in [1.807, 2.05) is 38.1 Å². The summed E-state index contributed by atoms with van der Waals surface area (Å²) in [5.74, 6) is -1.85. The average Bonchev–Trinajstić information content (AvgIpc) is 3.57. The fourth-order valence-electron chi connectivity index (χ4n) is 5.19. The Labute approximate surface area is 206 Å². The molecule has 0 heterocycles. The number of rotatable bonds is 10. The summed E-state index contributed by atoms with van der Waals surface area (Å²) in [6.07, 6.45) is 1.92. The van der Waals surface area contributed by atoms with E-state index in [0.717, 1.165) is 35.1 Å². The van der Waals surface area contributed by atoms with Gasteiger partial charge in [0.2, 0.25) is 5.91 Å². The highest BCUT2D eigenvalue weighted by Crippen LogP contribution is 2.44. The van der Waals surface area contributed by atoms with Crippen molar-refractivity contribution in [1.82, 2.24) is 10.6 Å². The molecule has 0 aromatic heterocycles. The second-order valence-electron chi connectivity index (χ2n) is 10.1. The molecule has 7 nitrogen and oxygen atoms in total. The summed E-state index contributed by atoms with van der Waals surface area (Å²) in [5, 5.41) is 15.1. The Morgan fingerprint density at radius 1 is 0.943 bits per heavy atom. The molecule has 0 aliphatic heterocycles. The summed E-state index contributed by atoms with van der Waals surface area (Å²) >= 11 is 0. The fourth-order valence-corrected chi connectivity index (χ4v) is 5.19. The van der Waals surface area contributed by atoms with Crippen LogP contribution in [0.15, 0.2) is 48.5 Å². The summed E-state index contributed by atoms with van der Waals surface area (Å²) in [5.41, 5.74) is 4.54. The van der Waals surface area contributed by atoms with Gasteiger partial charge in [-0.1, -0.05) is 75.2 Å². The topological polar surface area (TPSA) is 105 Å². The van der Waals surface area contributed by atoms with Crippen molar-refractivity contribution in [2.24, 2.45) is 17.8 Å². The Bertz CT molecular complexity index is 1050. The zero-order valence-electron chi connectivity index (χ0n) is 20.5. The molecule has 1 saturated carbocycles. The molecule has 186 valence electrons. The van der Waals surface area contributed by atoms with E-state index in [9.17, 15) is 19.5 Å². The van der Waals surface area contributed by atoms with Crippen molar-refractivity contribution in [2.45, 2.75) is 58.0 Å². The molecule has 2 aromatic carbocycles. The van der Waals surface area contributed by atoms with Gasteiger partial charge in [-0.25, -0.2) is 4.79 Å². The maximum absolute atomic E-state index is 13.0. The Morgan fingerprint density at radius 2 is 1.51 bits per heavy atom. The number of hydrogen-bond donors (Lipinski definition) is 3. The largest absolute Gasteiger partial charge is 0.481 e. The van der Waals surface area contributed by atoms with Gasteiger partial charge in [0.05, 0.1) is 5.92 Å². The minimum absolute atomic E-state index is 0.0637. The number of carboxylic acids is 1. The molecule has 4 rings (SSSR count). The number of alkyl carbamates (subject to hydrolysis) is 1. The number of nitrogens with one attached hydrogen (secondary N) is 2. The van der Waals surface area contributed by atoms with Crippen molar-refractivity contribution >= 4 is 18.0 Å². The molecule has 2 aliphatic carbocycles. The predicted octanol–water partition coefficient (Wildman–Crippen LogP) is 4.56. The molecule has 7 heteroatoms. The minimum Gasteiger partial charge on any atom is -0.481 e. The quantitative estimate of drug-likeness (QED) is 0.465. The van der Waals surface area contributed by atoms with Crippen LogP contribution in [0.4, 0.5) is 4.79 Å². The molecule has 0 bridgehead atoms. The van der Waals surface area contributed by atoms with E-state index in [4.69, 9.17) is 4.74 Å². The highest BCUT2D eigenvalue weighted by molar-refractivity contribution is 5.86. The molecule has 0 spiro atoms. The number of benzene rings is 2. The molecule has 2 amide bonds. The number of amides is 2. The van der Waals surface area contributed by atoms with E-state index in [1.165, 1.54) is 0 Å². The number of carbonyl (C=O) groups is 3. The summed E-state index contributed by atoms with van der Waals surface area (Å²) in [6, 6.07) is 14.9. The average molecular weight is 479 g/mol. The van der Waals surface area contributed by atoms with Crippen molar-refractivity contribution in [3.63, 3.8) is 0 Å². The number of hydrogen-bond acceptors (Lipinski definition) is 4. The summed E-state index contributed by atoms with van der Waals surface area (Å²) in [7, 11) is 0. The first-order valence-corrected chi connectivity index (χ1v) is 12.4. The Kier molecular flexibility index (Phi) is 7.43. The lowest BCUT2D eigenvalue weighted by atomic mass is 9.89. The summed E-state index contributed by atoms with van der Waals surface area (Å²) in [4.78, 5) is 37.4. The van der Waals surface area contributed by atoms with Crippen LogP contribution in [-0.4, -0.2) is 41.8 Å². The van der Waals surface area contributed by atoms with Gasteiger partial charge in [-0.05, 0) is 47.4 Å². The molecule has 3 atom stereocenters. The third-order valence-corrected chi connectivity index (χ3v) is 7.13. The van der Waals surface area contributed by atoms with Gasteiger partial charge in [0.15, 0.2) is 0 Å². The summed E-state index contributed by atoms with van der Waals surface area (Å²) in [6.45, 7) is 5.50. The highest BCUT2D eigenvalue weighted by Gasteiger charge is 2.35. The van der Waals surface area contributed by atoms with Gasteiger partial charge >= 0.3 is 12.1 Å². The molecule has 3 N–H and O–H groups in total. The van der Waals surface area contributed by atoms with Crippen LogP contribution in [0, 0.1) is 17.8 Å². The van der Waals surface area contributed by atoms with E-state index in [0.29, 0.717) is 12.3 Å². The van der Waals surface area contributed by atoms with Crippen molar-refractivity contribution < 1.29 is 24.2 Å². The number of ether oxygens (including phenoxy) is 1. The molecular weight excluding hydrogens is 444 g/mol. The van der Waals surface area contributed by atoms with Gasteiger partial charge < -0.3 is 20.5 Å². The van der Waals surface area contributed by atoms with Gasteiger partial charge in [0.25, 0.3) is 0 Å². The van der Waals surface area contributed by atoms with Gasteiger partial charge in [-0.2, -0.15) is 0 Å². The second kappa shape index (κ2) is 10.5. The highest BCUT2D eigenvalue weighted by atomic mass is 16.5. The third kappa shape index (κ3) is 5.66. The summed E-state index contributed by atoms with van der Waals surface area (Å²) < 4.78 is 5.63. The van der Waals surface area contributed by atoms with Crippen LogP contribution < -0.4 is 10.6 Å². The van der Waals surface area contributed by atoms with Crippen LogP contribution in [0.1, 0.15) is 57.1 Å². The lowest BCUT2D eigenvalue weighted by molar-refractivity contribution is -0.144. The lowest BCUT2D eigenvalue weighted by Gasteiger charge is -2.27. The maximum Gasteiger partial charge on any atom is 0.407 e. The predicted molar refractivity (Wildman–Crippen MR) is 133 cm³/mol. The van der Waals surface area contributed by atoms with Crippen LogP contribution >= 0.6 is 0 Å². The lowest BCUT2D eigenvalue weighted by Crippen LogP contribution is -2.52. The molecule has 0 radical (unpaired) electrons. The van der Waals surface area contributed by atoms with Crippen molar-refractivity contribution in [3.05, 3.63) is 59.7 Å². The first-order valence-electron chi connectivity index (χ1n) is 12.4. The van der Waals surface area contributed by atoms with E-state index in [2.05, 4.69) is 34.9 Å². The van der Waals surface area contributed by atoms with Gasteiger partial charge in [-0.3, -0.25) is 9.59 Å². The van der Waals surface area contributed by atoms with Crippen LogP contribution in [-0.2, 0) is 14.3 Å². The molecule has 35 heavy (non-hydrogen) atoms. The smallest absolute Gasteiger partial charge is 0.407 e. The Morgan fingerprint density at radius 3 is 2.03 bits per heavy atom. The van der Waals surface area contributed by atoms with E-state index >= 15 is 0 Å². The monoisotopic (exact) mass is 478 g/mol. The van der Waals surface area contributed by atoms with Gasteiger partial charge in [-0.15, -0.1) is 0 Å². The van der Waals surface area contributed by atoms with Crippen LogP contribution in [0.25, 0.3) is 11.1 Å². The van der Waals surface area contributed by atoms with Crippen LogP contribution in [0.5, 0.6) is 0 Å². The first kappa shape index (κ1) is 24.8. The maximum atomic E-state index is 13.0. The van der Waals surface area contributed by atoms with Crippen LogP contribution in [0.2, 0.25) is 0 Å². The Hall–Kier alpha value is -3.35. The van der Waals surface area contributed by atoms with Crippen molar-refractivity contribution in [2.75, 3.05) is 6.61 Å². The van der Waals surface area contributed by atoms with Crippen LogP contribution in [0.3, 0.4) is 0 Å². The molecule has 2 unspecified atom stereocenters. The first-order chi connectivity index (χ1) is 16.8. The van der Waals surface area contributed by atoms with Gasteiger partial charge in [0.1, 0.15) is 12.6 Å². The Balaban J connectivity index is 1.40.